The molecule has 1 aliphatic rings. The molecule has 0 atom stereocenters. The van der Waals surface area contributed by atoms with Gasteiger partial charge in [0, 0.05) is 26.5 Å². The minimum absolute atomic E-state index is 0.0835. The fourth-order valence-corrected chi connectivity index (χ4v) is 4.46. The van der Waals surface area contributed by atoms with E-state index in [0.29, 0.717) is 12.8 Å². The van der Waals surface area contributed by atoms with Crippen LogP contribution in [0.25, 0.3) is 0 Å². The fourth-order valence-electron chi connectivity index (χ4n) is 3.17. The molecule has 0 aromatic heterocycles. The number of fused-ring (bicyclic) bond motifs is 1. The Labute approximate surface area is 146 Å². The minimum atomic E-state index is -3.94. The highest BCUT2D eigenvalue weighted by molar-refractivity contribution is 7.89. The molecule has 25 heavy (non-hydrogen) atoms. The Balaban J connectivity index is 1.82. The predicted octanol–water partition coefficient (Wildman–Crippen LogP) is 2.30. The standard InChI is InChI=1S/C18H20FNO4S/c1-23-16-8-7-15(19)9-17(16)25(21,22)20-12-18(24-2)10-13-5-3-4-6-14(13)11-18/h3-9,20H,10-12H2,1-2H3. The third kappa shape index (κ3) is 3.53. The van der Waals surface area contributed by atoms with Crippen LogP contribution in [0, 0.1) is 5.82 Å². The number of halogens is 1. The molecule has 0 saturated heterocycles. The summed E-state index contributed by atoms with van der Waals surface area (Å²) in [7, 11) is -1.03. The van der Waals surface area contributed by atoms with E-state index in [0.717, 1.165) is 23.3 Å². The van der Waals surface area contributed by atoms with Crippen molar-refractivity contribution in [2.24, 2.45) is 0 Å². The summed E-state index contributed by atoms with van der Waals surface area (Å²) in [6, 6.07) is 11.3. The second-order valence-electron chi connectivity index (χ2n) is 6.13. The van der Waals surface area contributed by atoms with Gasteiger partial charge >= 0.3 is 0 Å². The Bertz CT molecular complexity index is 857. The quantitative estimate of drug-likeness (QED) is 0.853. The van der Waals surface area contributed by atoms with Gasteiger partial charge in [-0.3, -0.25) is 0 Å². The Kier molecular flexibility index (Phi) is 4.81. The van der Waals surface area contributed by atoms with Crippen molar-refractivity contribution < 1.29 is 22.3 Å². The molecule has 2 aromatic carbocycles. The van der Waals surface area contributed by atoms with Gasteiger partial charge in [0.1, 0.15) is 16.5 Å². The van der Waals surface area contributed by atoms with Crippen LogP contribution in [-0.2, 0) is 27.6 Å². The maximum absolute atomic E-state index is 13.5. The summed E-state index contributed by atoms with van der Waals surface area (Å²) in [4.78, 5) is -0.225. The molecular formula is C18H20FNO4S. The monoisotopic (exact) mass is 365 g/mol. The van der Waals surface area contributed by atoms with E-state index in [-0.39, 0.29) is 17.2 Å². The van der Waals surface area contributed by atoms with E-state index in [1.54, 1.807) is 7.11 Å². The number of nitrogens with one attached hydrogen (secondary N) is 1. The minimum Gasteiger partial charge on any atom is -0.495 e. The molecule has 0 heterocycles. The van der Waals surface area contributed by atoms with Crippen LogP contribution in [-0.4, -0.2) is 34.8 Å². The maximum atomic E-state index is 13.5. The van der Waals surface area contributed by atoms with Gasteiger partial charge in [-0.25, -0.2) is 17.5 Å². The number of rotatable bonds is 6. The average molecular weight is 365 g/mol. The van der Waals surface area contributed by atoms with Crippen LogP contribution in [0.4, 0.5) is 4.39 Å². The Morgan fingerprint density at radius 3 is 2.32 bits per heavy atom. The van der Waals surface area contributed by atoms with Gasteiger partial charge in [-0.15, -0.1) is 0 Å². The van der Waals surface area contributed by atoms with E-state index >= 15 is 0 Å². The number of benzene rings is 2. The molecular weight excluding hydrogens is 345 g/mol. The number of hydrogen-bond donors (Lipinski definition) is 1. The van der Waals surface area contributed by atoms with Crippen LogP contribution in [0.5, 0.6) is 5.75 Å². The summed E-state index contributed by atoms with van der Waals surface area (Å²) in [5.74, 6) is -0.550. The summed E-state index contributed by atoms with van der Waals surface area (Å²) < 4.78 is 52.0. The average Bonchev–Trinajstić information content (AvgIpc) is 2.99. The lowest BCUT2D eigenvalue weighted by Crippen LogP contribution is -2.45. The van der Waals surface area contributed by atoms with Crippen molar-refractivity contribution in [3.05, 3.63) is 59.4 Å². The fraction of sp³-hybridized carbons (Fsp3) is 0.333. The van der Waals surface area contributed by atoms with Crippen molar-refractivity contribution in [1.82, 2.24) is 4.72 Å². The molecule has 0 fully saturated rings. The van der Waals surface area contributed by atoms with Gasteiger partial charge in [0.25, 0.3) is 0 Å². The third-order valence-electron chi connectivity index (χ3n) is 4.58. The zero-order valence-electron chi connectivity index (χ0n) is 14.1. The highest BCUT2D eigenvalue weighted by Crippen LogP contribution is 2.33. The molecule has 0 aliphatic heterocycles. The van der Waals surface area contributed by atoms with E-state index in [1.165, 1.54) is 13.2 Å². The number of hydrogen-bond acceptors (Lipinski definition) is 4. The maximum Gasteiger partial charge on any atom is 0.244 e. The van der Waals surface area contributed by atoms with Crippen molar-refractivity contribution in [1.29, 1.82) is 0 Å². The molecule has 0 saturated carbocycles. The van der Waals surface area contributed by atoms with E-state index in [4.69, 9.17) is 9.47 Å². The summed E-state index contributed by atoms with van der Waals surface area (Å²) in [5, 5.41) is 0. The second kappa shape index (κ2) is 6.74. The lowest BCUT2D eigenvalue weighted by Gasteiger charge is -2.27. The molecule has 3 rings (SSSR count). The molecule has 0 bridgehead atoms. The van der Waals surface area contributed by atoms with E-state index in [1.807, 2.05) is 24.3 Å². The van der Waals surface area contributed by atoms with Crippen molar-refractivity contribution in [3.8, 4) is 5.75 Å². The first kappa shape index (κ1) is 17.8. The van der Waals surface area contributed by atoms with Crippen LogP contribution < -0.4 is 9.46 Å². The molecule has 5 nitrogen and oxygen atoms in total. The smallest absolute Gasteiger partial charge is 0.244 e. The lowest BCUT2D eigenvalue weighted by molar-refractivity contribution is 0.00377. The van der Waals surface area contributed by atoms with Gasteiger partial charge in [-0.1, -0.05) is 24.3 Å². The Hall–Kier alpha value is -1.96. The van der Waals surface area contributed by atoms with Crippen LogP contribution in [0.1, 0.15) is 11.1 Å². The van der Waals surface area contributed by atoms with Gasteiger partial charge in [0.2, 0.25) is 10.0 Å². The van der Waals surface area contributed by atoms with Crippen molar-refractivity contribution in [3.63, 3.8) is 0 Å². The highest BCUT2D eigenvalue weighted by atomic mass is 32.2. The van der Waals surface area contributed by atoms with Gasteiger partial charge in [-0.05, 0) is 29.3 Å². The highest BCUT2D eigenvalue weighted by Gasteiger charge is 2.38. The number of methoxy groups -OCH3 is 2. The number of ether oxygens (including phenoxy) is 2. The molecule has 0 amide bonds. The van der Waals surface area contributed by atoms with E-state index < -0.39 is 21.4 Å². The van der Waals surface area contributed by atoms with Crippen LogP contribution >= 0.6 is 0 Å². The van der Waals surface area contributed by atoms with Crippen LogP contribution in [0.2, 0.25) is 0 Å². The first-order chi connectivity index (χ1) is 11.9. The Morgan fingerprint density at radius 1 is 1.12 bits per heavy atom. The normalized spacial score (nSPS) is 15.8. The number of sulfonamides is 1. The first-order valence-corrected chi connectivity index (χ1v) is 9.33. The molecule has 1 aliphatic carbocycles. The van der Waals surface area contributed by atoms with Gasteiger partial charge < -0.3 is 9.47 Å². The van der Waals surface area contributed by atoms with Crippen molar-refractivity contribution in [2.45, 2.75) is 23.3 Å². The zero-order chi connectivity index (χ0) is 18.1. The molecule has 0 spiro atoms. The molecule has 134 valence electrons. The molecule has 0 radical (unpaired) electrons. The first-order valence-electron chi connectivity index (χ1n) is 7.84. The molecule has 2 aromatic rings. The molecule has 7 heteroatoms. The van der Waals surface area contributed by atoms with Crippen LogP contribution in [0.3, 0.4) is 0 Å². The third-order valence-corrected chi connectivity index (χ3v) is 6.00. The SMILES string of the molecule is COc1ccc(F)cc1S(=O)(=O)NCC1(OC)Cc2ccccc2C1. The van der Waals surface area contributed by atoms with Crippen LogP contribution in [0.15, 0.2) is 47.4 Å². The summed E-state index contributed by atoms with van der Waals surface area (Å²) in [6.07, 6.45) is 1.23. The summed E-state index contributed by atoms with van der Waals surface area (Å²) >= 11 is 0. The zero-order valence-corrected chi connectivity index (χ0v) is 14.9. The van der Waals surface area contributed by atoms with Gasteiger partial charge in [-0.2, -0.15) is 0 Å². The summed E-state index contributed by atoms with van der Waals surface area (Å²) in [6.45, 7) is 0.0835. The van der Waals surface area contributed by atoms with Gasteiger partial charge in [0.15, 0.2) is 0 Å². The predicted molar refractivity (Wildman–Crippen MR) is 91.7 cm³/mol. The topological polar surface area (TPSA) is 64.6 Å². The molecule has 0 unspecified atom stereocenters. The second-order valence-corrected chi connectivity index (χ2v) is 7.86. The largest absolute Gasteiger partial charge is 0.495 e. The van der Waals surface area contributed by atoms with E-state index in [2.05, 4.69) is 4.72 Å². The van der Waals surface area contributed by atoms with Gasteiger partial charge in [0.05, 0.1) is 12.7 Å². The lowest BCUT2D eigenvalue weighted by atomic mass is 10.0. The van der Waals surface area contributed by atoms with Crippen molar-refractivity contribution >= 4 is 10.0 Å². The van der Waals surface area contributed by atoms with E-state index in [9.17, 15) is 12.8 Å². The Morgan fingerprint density at radius 2 is 1.76 bits per heavy atom. The summed E-state index contributed by atoms with van der Waals surface area (Å²) in [5.41, 5.74) is 1.64. The van der Waals surface area contributed by atoms with Crippen molar-refractivity contribution in [2.75, 3.05) is 20.8 Å². The molecule has 1 N–H and O–H groups in total.